The van der Waals surface area contributed by atoms with Crippen molar-refractivity contribution >= 4 is 18.0 Å². The van der Waals surface area contributed by atoms with Crippen molar-refractivity contribution in [2.24, 2.45) is 5.41 Å². The highest BCUT2D eigenvalue weighted by Crippen LogP contribution is 2.30. The zero-order valence-corrected chi connectivity index (χ0v) is 12.2. The number of carboxylic acid groups (broad SMARTS) is 1. The van der Waals surface area contributed by atoms with Crippen molar-refractivity contribution in [2.75, 3.05) is 20.2 Å². The van der Waals surface area contributed by atoms with E-state index in [1.807, 2.05) is 24.3 Å². The maximum Gasteiger partial charge on any atom is 0.311 e. The van der Waals surface area contributed by atoms with Crippen molar-refractivity contribution < 1.29 is 19.4 Å². The standard InChI is InChI=1S/C16H19NO4/c1-16(15(19)20)9-10-17(11-16)14(18)8-7-12-5-3-4-6-13(12)21-2/h3-8H,9-11H2,1-2H3,(H,19,20)/b8-7-/t16-/m0/s1. The number of methoxy groups -OCH3 is 1. The Kier molecular flexibility index (Phi) is 4.31. The molecule has 1 atom stereocenters. The maximum absolute atomic E-state index is 12.1. The molecule has 1 saturated heterocycles. The molecular formula is C16H19NO4. The van der Waals surface area contributed by atoms with Gasteiger partial charge >= 0.3 is 5.97 Å². The van der Waals surface area contributed by atoms with Crippen LogP contribution in [-0.4, -0.2) is 42.1 Å². The quantitative estimate of drug-likeness (QED) is 0.861. The summed E-state index contributed by atoms with van der Waals surface area (Å²) in [5, 5.41) is 9.18. The first-order valence-corrected chi connectivity index (χ1v) is 6.80. The van der Waals surface area contributed by atoms with Crippen LogP contribution in [0.3, 0.4) is 0 Å². The lowest BCUT2D eigenvalue weighted by atomic mass is 9.90. The summed E-state index contributed by atoms with van der Waals surface area (Å²) in [6, 6.07) is 7.40. The van der Waals surface area contributed by atoms with Crippen molar-refractivity contribution in [3.05, 3.63) is 35.9 Å². The molecule has 0 aliphatic carbocycles. The molecule has 1 aromatic rings. The lowest BCUT2D eigenvalue weighted by Gasteiger charge is -2.19. The van der Waals surface area contributed by atoms with E-state index in [4.69, 9.17) is 4.74 Å². The van der Waals surface area contributed by atoms with Gasteiger partial charge in [-0.25, -0.2) is 0 Å². The summed E-state index contributed by atoms with van der Waals surface area (Å²) >= 11 is 0. The van der Waals surface area contributed by atoms with Crippen LogP contribution in [0.4, 0.5) is 0 Å². The van der Waals surface area contributed by atoms with Gasteiger partial charge in [0, 0.05) is 24.7 Å². The molecule has 1 aromatic carbocycles. The summed E-state index contributed by atoms with van der Waals surface area (Å²) in [6.07, 6.45) is 3.64. The van der Waals surface area contributed by atoms with Gasteiger partial charge in [0.1, 0.15) is 5.75 Å². The monoisotopic (exact) mass is 289 g/mol. The third kappa shape index (κ3) is 3.24. The number of para-hydroxylation sites is 1. The normalized spacial score (nSPS) is 21.7. The Morgan fingerprint density at radius 1 is 1.38 bits per heavy atom. The van der Waals surface area contributed by atoms with Crippen LogP contribution in [0.1, 0.15) is 18.9 Å². The number of amides is 1. The second-order valence-electron chi connectivity index (χ2n) is 5.45. The molecule has 1 fully saturated rings. The highest BCUT2D eigenvalue weighted by Gasteiger charge is 2.41. The van der Waals surface area contributed by atoms with Gasteiger partial charge in [-0.15, -0.1) is 0 Å². The Hall–Kier alpha value is -2.30. The van der Waals surface area contributed by atoms with E-state index < -0.39 is 11.4 Å². The average molecular weight is 289 g/mol. The summed E-state index contributed by atoms with van der Waals surface area (Å²) in [6.45, 7) is 2.39. The molecule has 1 heterocycles. The predicted molar refractivity (Wildman–Crippen MR) is 79.0 cm³/mol. The van der Waals surface area contributed by atoms with Gasteiger partial charge in [-0.05, 0) is 25.5 Å². The molecule has 0 unspecified atom stereocenters. The first kappa shape index (κ1) is 15.1. The molecule has 5 heteroatoms. The van der Waals surface area contributed by atoms with Gasteiger partial charge < -0.3 is 14.7 Å². The predicted octanol–water partition coefficient (Wildman–Crippen LogP) is 2.03. The Balaban J connectivity index is 2.06. The van der Waals surface area contributed by atoms with Gasteiger partial charge in [-0.1, -0.05) is 18.2 Å². The van der Waals surface area contributed by atoms with E-state index in [1.54, 1.807) is 25.0 Å². The Labute approximate surface area is 123 Å². The summed E-state index contributed by atoms with van der Waals surface area (Å²) in [5.41, 5.74) is -0.0259. The van der Waals surface area contributed by atoms with Gasteiger partial charge in [0.05, 0.1) is 12.5 Å². The zero-order chi connectivity index (χ0) is 15.5. The highest BCUT2D eigenvalue weighted by atomic mass is 16.5. The Morgan fingerprint density at radius 3 is 2.71 bits per heavy atom. The summed E-state index contributed by atoms with van der Waals surface area (Å²) in [7, 11) is 1.58. The molecule has 0 spiro atoms. The molecule has 0 radical (unpaired) electrons. The molecule has 1 aliphatic heterocycles. The largest absolute Gasteiger partial charge is 0.496 e. The lowest BCUT2D eigenvalue weighted by molar-refractivity contribution is -0.147. The van der Waals surface area contributed by atoms with Gasteiger partial charge in [-0.2, -0.15) is 0 Å². The van der Waals surface area contributed by atoms with Crippen molar-refractivity contribution in [1.29, 1.82) is 0 Å². The number of carbonyl (C=O) groups is 2. The van der Waals surface area contributed by atoms with Crippen LogP contribution in [0, 0.1) is 5.41 Å². The number of ether oxygens (including phenoxy) is 1. The minimum Gasteiger partial charge on any atom is -0.496 e. The van der Waals surface area contributed by atoms with Crippen LogP contribution in [-0.2, 0) is 9.59 Å². The first-order chi connectivity index (χ1) is 9.96. The molecule has 0 aromatic heterocycles. The number of nitrogens with zero attached hydrogens (tertiary/aromatic N) is 1. The minimum absolute atomic E-state index is 0.175. The molecule has 21 heavy (non-hydrogen) atoms. The molecule has 0 saturated carbocycles. The van der Waals surface area contributed by atoms with Gasteiger partial charge in [0.2, 0.25) is 5.91 Å². The van der Waals surface area contributed by atoms with Crippen LogP contribution in [0.15, 0.2) is 30.3 Å². The number of aliphatic carboxylic acids is 1. The highest BCUT2D eigenvalue weighted by molar-refractivity contribution is 5.93. The third-order valence-electron chi connectivity index (χ3n) is 3.85. The molecule has 0 bridgehead atoms. The molecule has 2 rings (SSSR count). The fraction of sp³-hybridized carbons (Fsp3) is 0.375. The fourth-order valence-corrected chi connectivity index (χ4v) is 2.39. The van der Waals surface area contributed by atoms with Crippen LogP contribution in [0.5, 0.6) is 5.75 Å². The summed E-state index contributed by atoms with van der Waals surface area (Å²) < 4.78 is 5.21. The SMILES string of the molecule is COc1ccccc1/C=C\C(=O)N1CC[C@](C)(C(=O)O)C1. The first-order valence-electron chi connectivity index (χ1n) is 6.80. The van der Waals surface area contributed by atoms with Crippen LogP contribution >= 0.6 is 0 Å². The van der Waals surface area contributed by atoms with Crippen molar-refractivity contribution in [1.82, 2.24) is 4.90 Å². The molecule has 1 aliphatic rings. The third-order valence-corrected chi connectivity index (χ3v) is 3.85. The maximum atomic E-state index is 12.1. The van der Waals surface area contributed by atoms with E-state index in [1.165, 1.54) is 6.08 Å². The van der Waals surface area contributed by atoms with E-state index in [2.05, 4.69) is 0 Å². The molecule has 1 amide bonds. The number of rotatable bonds is 4. The van der Waals surface area contributed by atoms with Gasteiger partial charge in [0.25, 0.3) is 0 Å². The van der Waals surface area contributed by atoms with Crippen LogP contribution < -0.4 is 4.74 Å². The summed E-state index contributed by atoms with van der Waals surface area (Å²) in [5.74, 6) is -0.337. The number of likely N-dealkylation sites (tertiary alicyclic amines) is 1. The van der Waals surface area contributed by atoms with Gasteiger partial charge in [-0.3, -0.25) is 9.59 Å². The minimum atomic E-state index is -0.855. The number of carbonyl (C=O) groups excluding carboxylic acids is 1. The number of hydrogen-bond donors (Lipinski definition) is 1. The molecular weight excluding hydrogens is 270 g/mol. The number of carboxylic acids is 1. The zero-order valence-electron chi connectivity index (χ0n) is 12.2. The van der Waals surface area contributed by atoms with Crippen LogP contribution in [0.25, 0.3) is 6.08 Å². The van der Waals surface area contributed by atoms with Crippen molar-refractivity contribution in [2.45, 2.75) is 13.3 Å². The fourth-order valence-electron chi connectivity index (χ4n) is 2.39. The molecule has 112 valence electrons. The smallest absolute Gasteiger partial charge is 0.311 e. The summed E-state index contributed by atoms with van der Waals surface area (Å²) in [4.78, 5) is 24.9. The second kappa shape index (κ2) is 5.99. The Morgan fingerprint density at radius 2 is 2.10 bits per heavy atom. The molecule has 1 N–H and O–H groups in total. The number of hydrogen-bond acceptors (Lipinski definition) is 3. The molecule has 5 nitrogen and oxygen atoms in total. The Bertz CT molecular complexity index is 581. The van der Waals surface area contributed by atoms with E-state index in [0.717, 1.165) is 5.56 Å². The van der Waals surface area contributed by atoms with Crippen LogP contribution in [0.2, 0.25) is 0 Å². The topological polar surface area (TPSA) is 66.8 Å². The average Bonchev–Trinajstić information content (AvgIpc) is 2.89. The second-order valence-corrected chi connectivity index (χ2v) is 5.45. The van der Waals surface area contributed by atoms with Crippen molar-refractivity contribution in [3.8, 4) is 5.75 Å². The van der Waals surface area contributed by atoms with Crippen molar-refractivity contribution in [3.63, 3.8) is 0 Å². The lowest BCUT2D eigenvalue weighted by Crippen LogP contribution is -2.34. The van der Waals surface area contributed by atoms with E-state index in [-0.39, 0.29) is 12.5 Å². The number of benzene rings is 1. The van der Waals surface area contributed by atoms with E-state index >= 15 is 0 Å². The van der Waals surface area contributed by atoms with E-state index in [9.17, 15) is 14.7 Å². The van der Waals surface area contributed by atoms with E-state index in [0.29, 0.717) is 18.7 Å². The van der Waals surface area contributed by atoms with Gasteiger partial charge in [0.15, 0.2) is 0 Å².